The molecule has 0 bridgehead atoms. The highest BCUT2D eigenvalue weighted by Gasteiger charge is 2.35. The van der Waals surface area contributed by atoms with Crippen molar-refractivity contribution in [3.63, 3.8) is 0 Å². The minimum absolute atomic E-state index is 0.0524. The largest absolute Gasteiger partial charge is 0.726 e. The van der Waals surface area contributed by atoms with Crippen molar-refractivity contribution in [2.45, 2.75) is 77.3 Å². The van der Waals surface area contributed by atoms with E-state index in [1.54, 1.807) is 0 Å². The van der Waals surface area contributed by atoms with Crippen LogP contribution in [0.4, 0.5) is 0 Å². The van der Waals surface area contributed by atoms with Gasteiger partial charge in [0, 0.05) is 12.8 Å². The van der Waals surface area contributed by atoms with Crippen LogP contribution in [0.25, 0.3) is 0 Å². The fourth-order valence-electron chi connectivity index (χ4n) is 2.57. The first-order chi connectivity index (χ1) is 11.6. The van der Waals surface area contributed by atoms with E-state index < -0.39 is 10.4 Å². The van der Waals surface area contributed by atoms with Crippen LogP contribution in [-0.2, 0) is 24.2 Å². The molecule has 2 atom stereocenters. The number of nitrogens with zero attached hydrogens (tertiary/aromatic N) is 1. The van der Waals surface area contributed by atoms with Gasteiger partial charge in [-0.05, 0) is 12.8 Å². The molecule has 0 aromatic heterocycles. The second-order valence-electron chi connectivity index (χ2n) is 6.60. The lowest BCUT2D eigenvalue weighted by Gasteiger charge is -2.39. The average molecular weight is 382 g/mol. The summed E-state index contributed by atoms with van der Waals surface area (Å²) >= 11 is 0. The summed E-state index contributed by atoms with van der Waals surface area (Å²) in [5.41, 5.74) is 0. The molecule has 0 aromatic rings. The average Bonchev–Trinajstić information content (AvgIpc) is 2.55. The topological polar surface area (TPSA) is 101 Å². The molecular formula is C17H35NO6S. The zero-order valence-electron chi connectivity index (χ0n) is 16.3. The number of rotatable bonds is 13. The smallest absolute Gasteiger partial charge is 0.217 e. The lowest BCUT2D eigenvalue weighted by Crippen LogP contribution is -2.57. The van der Waals surface area contributed by atoms with Gasteiger partial charge in [-0.1, -0.05) is 39.5 Å². The first kappa shape index (κ1) is 26.4. The molecule has 0 aliphatic heterocycles. The lowest BCUT2D eigenvalue weighted by molar-refractivity contribution is -0.919. The van der Waals surface area contributed by atoms with Crippen LogP contribution in [0.1, 0.15) is 65.2 Å². The van der Waals surface area contributed by atoms with Crippen molar-refractivity contribution >= 4 is 23.0 Å². The molecule has 0 fully saturated rings. The molecule has 8 heteroatoms. The molecule has 150 valence electrons. The van der Waals surface area contributed by atoms with Crippen LogP contribution in [0.2, 0.25) is 0 Å². The molecular weight excluding hydrogens is 346 g/mol. The van der Waals surface area contributed by atoms with E-state index in [1.807, 2.05) is 14.1 Å². The van der Waals surface area contributed by atoms with Gasteiger partial charge in [0.2, 0.25) is 10.4 Å². The quantitative estimate of drug-likeness (QED) is 0.160. The fourth-order valence-corrected chi connectivity index (χ4v) is 2.57. The molecule has 7 nitrogen and oxygen atoms in total. The molecule has 0 aromatic carbocycles. The van der Waals surface area contributed by atoms with E-state index in [0.29, 0.717) is 4.48 Å². The Kier molecular flexibility index (Phi) is 15.2. The molecule has 2 unspecified atom stereocenters. The second kappa shape index (κ2) is 14.4. The molecule has 0 saturated carbocycles. The molecule has 0 spiro atoms. The Balaban J connectivity index is 0. The van der Waals surface area contributed by atoms with Crippen molar-refractivity contribution < 1.29 is 31.2 Å². The highest BCUT2D eigenvalue weighted by molar-refractivity contribution is 7.80. The standard InChI is InChI=1S/C16H32NO2.CH4O4S/c1-5-7-9-11-15(13-18)17(3,4)16(14-19)12-10-8-6-2;1-5-6(2,3)4/h13-16H,5-12H2,1-4H3;1H3,(H,2,3,4)/q+1;/p-1. The number of hydrogen-bond acceptors (Lipinski definition) is 6. The minimum Gasteiger partial charge on any atom is -0.726 e. The summed E-state index contributed by atoms with van der Waals surface area (Å²) in [6, 6.07) is -0.105. The van der Waals surface area contributed by atoms with Gasteiger partial charge < -0.3 is 9.04 Å². The van der Waals surface area contributed by atoms with Crippen LogP contribution >= 0.6 is 0 Å². The van der Waals surface area contributed by atoms with Gasteiger partial charge in [0.05, 0.1) is 21.2 Å². The molecule has 0 heterocycles. The van der Waals surface area contributed by atoms with Gasteiger partial charge in [-0.15, -0.1) is 0 Å². The molecule has 0 saturated heterocycles. The van der Waals surface area contributed by atoms with Crippen molar-refractivity contribution in [3.05, 3.63) is 0 Å². The highest BCUT2D eigenvalue weighted by Crippen LogP contribution is 2.20. The maximum absolute atomic E-state index is 11.4. The SMILES string of the molecule is CCCCCC(C=O)[N+](C)(C)C(C=O)CCCCC.COS(=O)(=O)[O-]. The van der Waals surface area contributed by atoms with Crippen molar-refractivity contribution in [2.75, 3.05) is 21.2 Å². The predicted molar refractivity (Wildman–Crippen MR) is 96.8 cm³/mol. The first-order valence-electron chi connectivity index (χ1n) is 8.85. The van der Waals surface area contributed by atoms with Gasteiger partial charge in [-0.2, -0.15) is 0 Å². The summed E-state index contributed by atoms with van der Waals surface area (Å²) in [6.07, 6.45) is 10.7. The Bertz CT molecular complexity index is 426. The Morgan fingerprint density at radius 2 is 1.24 bits per heavy atom. The minimum atomic E-state index is -4.41. The van der Waals surface area contributed by atoms with Crippen molar-refractivity contribution in [2.24, 2.45) is 0 Å². The Hall–Kier alpha value is -0.830. The van der Waals surface area contributed by atoms with E-state index in [9.17, 15) is 22.6 Å². The van der Waals surface area contributed by atoms with Gasteiger partial charge in [-0.25, -0.2) is 8.42 Å². The normalized spacial score (nSPS) is 14.2. The van der Waals surface area contributed by atoms with Crippen molar-refractivity contribution in [1.82, 2.24) is 0 Å². The number of carbonyl (C=O) groups is 2. The number of quaternary nitrogens is 1. The molecule has 25 heavy (non-hydrogen) atoms. The Morgan fingerprint density at radius 3 is 1.44 bits per heavy atom. The highest BCUT2D eigenvalue weighted by atomic mass is 32.3. The number of unbranched alkanes of at least 4 members (excludes halogenated alkanes) is 4. The monoisotopic (exact) mass is 381 g/mol. The third-order valence-corrected chi connectivity index (χ3v) is 4.84. The van der Waals surface area contributed by atoms with E-state index in [2.05, 4.69) is 18.0 Å². The van der Waals surface area contributed by atoms with Crippen LogP contribution in [0.5, 0.6) is 0 Å². The maximum atomic E-state index is 11.4. The third-order valence-electron chi connectivity index (χ3n) is 4.43. The maximum Gasteiger partial charge on any atom is 0.217 e. The van der Waals surface area contributed by atoms with E-state index in [4.69, 9.17) is 0 Å². The van der Waals surface area contributed by atoms with Gasteiger partial charge in [0.1, 0.15) is 12.1 Å². The van der Waals surface area contributed by atoms with E-state index in [1.165, 1.54) is 0 Å². The van der Waals surface area contributed by atoms with Crippen LogP contribution < -0.4 is 0 Å². The Labute approximate surface area is 153 Å². The van der Waals surface area contributed by atoms with Crippen LogP contribution in [-0.4, -0.2) is 63.3 Å². The van der Waals surface area contributed by atoms with Crippen LogP contribution in [0.15, 0.2) is 0 Å². The van der Waals surface area contributed by atoms with Crippen LogP contribution in [0, 0.1) is 0 Å². The number of hydrogen-bond donors (Lipinski definition) is 0. The van der Waals surface area contributed by atoms with E-state index in [-0.39, 0.29) is 12.1 Å². The van der Waals surface area contributed by atoms with Gasteiger partial charge >= 0.3 is 0 Å². The lowest BCUT2D eigenvalue weighted by atomic mass is 10.0. The number of likely N-dealkylation sites (N-methyl/N-ethyl adjacent to an activating group) is 1. The van der Waals surface area contributed by atoms with Crippen molar-refractivity contribution in [3.8, 4) is 0 Å². The molecule has 0 N–H and O–H groups in total. The summed E-state index contributed by atoms with van der Waals surface area (Å²) < 4.78 is 31.5. The summed E-state index contributed by atoms with van der Waals surface area (Å²) in [6.45, 7) is 4.32. The van der Waals surface area contributed by atoms with Crippen LogP contribution in [0.3, 0.4) is 0 Å². The fraction of sp³-hybridized carbons (Fsp3) is 0.882. The molecule has 0 aliphatic rings. The predicted octanol–water partition coefficient (Wildman–Crippen LogP) is 2.45. The summed E-state index contributed by atoms with van der Waals surface area (Å²) in [7, 11) is 0.444. The van der Waals surface area contributed by atoms with E-state index in [0.717, 1.165) is 71.0 Å². The molecule has 0 aliphatic carbocycles. The molecule has 0 amide bonds. The van der Waals surface area contributed by atoms with Gasteiger partial charge in [0.25, 0.3) is 0 Å². The third kappa shape index (κ3) is 13.1. The number of carbonyl (C=O) groups excluding carboxylic acids is 2. The molecule has 0 radical (unpaired) electrons. The zero-order valence-corrected chi connectivity index (χ0v) is 17.1. The van der Waals surface area contributed by atoms with Crippen molar-refractivity contribution in [1.29, 1.82) is 0 Å². The summed E-state index contributed by atoms with van der Waals surface area (Å²) in [5.74, 6) is 0. The summed E-state index contributed by atoms with van der Waals surface area (Å²) in [5, 5.41) is 0. The van der Waals surface area contributed by atoms with E-state index >= 15 is 0 Å². The zero-order chi connectivity index (χ0) is 19.9. The van der Waals surface area contributed by atoms with Gasteiger partial charge in [-0.3, -0.25) is 13.8 Å². The molecule has 0 rings (SSSR count). The first-order valence-corrected chi connectivity index (χ1v) is 10.2. The number of aldehydes is 2. The Morgan fingerprint density at radius 1 is 0.920 bits per heavy atom. The van der Waals surface area contributed by atoms with Gasteiger partial charge in [0.15, 0.2) is 12.6 Å². The summed E-state index contributed by atoms with van der Waals surface area (Å²) in [4.78, 5) is 22.7. The second-order valence-corrected chi connectivity index (χ2v) is 7.75.